The SMILES string of the molecule is C[C@@H](C(=O)NC1CCO[C@H]2CC(C)(C)[C@@H](C(=O)O)N2C1=O)N(C)C(=O)OC(C)(C)C. The van der Waals surface area contributed by atoms with Crippen LogP contribution in [0, 0.1) is 5.41 Å². The predicted molar refractivity (Wildman–Crippen MR) is 106 cm³/mol. The van der Waals surface area contributed by atoms with Crippen molar-refractivity contribution >= 4 is 23.9 Å². The van der Waals surface area contributed by atoms with Crippen molar-refractivity contribution in [1.82, 2.24) is 15.1 Å². The molecule has 0 aromatic rings. The van der Waals surface area contributed by atoms with Crippen molar-refractivity contribution < 1.29 is 33.8 Å². The molecule has 0 bridgehead atoms. The fourth-order valence-corrected chi connectivity index (χ4v) is 3.78. The van der Waals surface area contributed by atoms with Crippen molar-refractivity contribution in [2.75, 3.05) is 13.7 Å². The molecular formula is C20H33N3O7. The number of carbonyl (C=O) groups excluding carboxylic acids is 3. The molecule has 2 N–H and O–H groups in total. The standard InChI is InChI=1S/C20H33N3O7/c1-11(22(7)18(28)30-19(2,3)4)15(24)21-12-8-9-29-13-10-20(5,6)14(17(26)27)23(13)16(12)25/h11-14H,8-10H2,1-7H3,(H,21,24)(H,26,27)/t11-,12?,13-,14+/m0/s1. The van der Waals surface area contributed by atoms with Crippen LogP contribution in [0.4, 0.5) is 4.79 Å². The number of carbonyl (C=O) groups is 4. The number of carboxylic acids is 1. The van der Waals surface area contributed by atoms with Gasteiger partial charge in [-0.15, -0.1) is 0 Å². The van der Waals surface area contributed by atoms with Gasteiger partial charge in [-0.25, -0.2) is 9.59 Å². The first-order valence-electron chi connectivity index (χ1n) is 10.1. The number of likely N-dealkylation sites (N-methyl/N-ethyl adjacent to an activating group) is 1. The van der Waals surface area contributed by atoms with Gasteiger partial charge in [-0.3, -0.25) is 14.5 Å². The molecule has 4 atom stereocenters. The van der Waals surface area contributed by atoms with Gasteiger partial charge in [-0.2, -0.15) is 0 Å². The van der Waals surface area contributed by atoms with E-state index in [1.807, 2.05) is 0 Å². The topological polar surface area (TPSA) is 125 Å². The summed E-state index contributed by atoms with van der Waals surface area (Å²) in [5.41, 5.74) is -1.37. The lowest BCUT2D eigenvalue weighted by atomic mass is 9.84. The van der Waals surface area contributed by atoms with E-state index in [1.54, 1.807) is 34.6 Å². The van der Waals surface area contributed by atoms with Crippen LogP contribution in [-0.4, -0.2) is 82.4 Å². The molecule has 0 aliphatic carbocycles. The molecule has 2 aliphatic rings. The first-order chi connectivity index (χ1) is 13.7. The summed E-state index contributed by atoms with van der Waals surface area (Å²) in [5.74, 6) is -2.13. The summed E-state index contributed by atoms with van der Waals surface area (Å²) in [6.07, 6.45) is -0.688. The van der Waals surface area contributed by atoms with E-state index >= 15 is 0 Å². The van der Waals surface area contributed by atoms with Crippen molar-refractivity contribution in [3.05, 3.63) is 0 Å². The first kappa shape index (κ1) is 23.9. The molecule has 2 fully saturated rings. The largest absolute Gasteiger partial charge is 0.480 e. The maximum Gasteiger partial charge on any atom is 0.410 e. The second-order valence-corrected chi connectivity index (χ2v) is 9.62. The van der Waals surface area contributed by atoms with Crippen molar-refractivity contribution in [3.8, 4) is 0 Å². The highest BCUT2D eigenvalue weighted by Gasteiger charge is 2.55. The van der Waals surface area contributed by atoms with Gasteiger partial charge in [-0.1, -0.05) is 13.8 Å². The van der Waals surface area contributed by atoms with Crippen LogP contribution >= 0.6 is 0 Å². The van der Waals surface area contributed by atoms with Crippen LogP contribution < -0.4 is 5.32 Å². The van der Waals surface area contributed by atoms with Crippen LogP contribution in [0.2, 0.25) is 0 Å². The van der Waals surface area contributed by atoms with Crippen LogP contribution in [0.15, 0.2) is 0 Å². The Morgan fingerprint density at radius 1 is 1.33 bits per heavy atom. The zero-order chi connectivity index (χ0) is 23.0. The lowest BCUT2D eigenvalue weighted by molar-refractivity contribution is -0.157. The Labute approximate surface area is 176 Å². The summed E-state index contributed by atoms with van der Waals surface area (Å²) in [6, 6.07) is -2.87. The molecule has 170 valence electrons. The van der Waals surface area contributed by atoms with E-state index in [0.29, 0.717) is 6.42 Å². The fraction of sp³-hybridized carbons (Fsp3) is 0.800. The molecule has 10 heteroatoms. The number of hydrogen-bond donors (Lipinski definition) is 2. The Kier molecular flexibility index (Phi) is 6.70. The first-order valence-corrected chi connectivity index (χ1v) is 10.1. The number of nitrogens with one attached hydrogen (secondary N) is 1. The maximum absolute atomic E-state index is 13.1. The second-order valence-electron chi connectivity index (χ2n) is 9.62. The molecule has 30 heavy (non-hydrogen) atoms. The van der Waals surface area contributed by atoms with Crippen molar-refractivity contribution in [2.45, 2.75) is 84.3 Å². The minimum absolute atomic E-state index is 0.205. The Bertz CT molecular complexity index is 716. The number of rotatable bonds is 4. The molecule has 1 unspecified atom stereocenters. The summed E-state index contributed by atoms with van der Waals surface area (Å²) in [6.45, 7) is 10.5. The smallest absolute Gasteiger partial charge is 0.410 e. The van der Waals surface area contributed by atoms with Gasteiger partial charge < -0.3 is 24.8 Å². The van der Waals surface area contributed by atoms with Crippen LogP contribution in [-0.2, 0) is 23.9 Å². The van der Waals surface area contributed by atoms with Gasteiger partial charge in [0.2, 0.25) is 11.8 Å². The molecular weight excluding hydrogens is 394 g/mol. The average molecular weight is 427 g/mol. The Morgan fingerprint density at radius 3 is 2.47 bits per heavy atom. The predicted octanol–water partition coefficient (Wildman–Crippen LogP) is 1.18. The summed E-state index contributed by atoms with van der Waals surface area (Å²) in [5, 5.41) is 12.3. The zero-order valence-electron chi connectivity index (χ0n) is 18.7. The van der Waals surface area contributed by atoms with E-state index < -0.39 is 59.2 Å². The highest BCUT2D eigenvalue weighted by molar-refractivity contribution is 5.93. The third kappa shape index (κ3) is 5.03. The normalized spacial score (nSPS) is 27.0. The third-order valence-electron chi connectivity index (χ3n) is 5.49. The van der Waals surface area contributed by atoms with Gasteiger partial charge in [0.1, 0.15) is 30.0 Å². The summed E-state index contributed by atoms with van der Waals surface area (Å²) in [7, 11) is 1.44. The quantitative estimate of drug-likeness (QED) is 0.690. The van der Waals surface area contributed by atoms with Crippen molar-refractivity contribution in [2.24, 2.45) is 5.41 Å². The molecule has 0 aromatic heterocycles. The van der Waals surface area contributed by atoms with E-state index in [9.17, 15) is 24.3 Å². The second kappa shape index (κ2) is 8.41. The monoisotopic (exact) mass is 427 g/mol. The Balaban J connectivity index is 2.12. The fourth-order valence-electron chi connectivity index (χ4n) is 3.78. The average Bonchev–Trinajstić information content (AvgIpc) is 2.79. The van der Waals surface area contributed by atoms with Gasteiger partial charge in [0.15, 0.2) is 0 Å². The minimum Gasteiger partial charge on any atom is -0.480 e. The molecule has 0 aromatic carbocycles. The Morgan fingerprint density at radius 2 is 1.93 bits per heavy atom. The summed E-state index contributed by atoms with van der Waals surface area (Å²) >= 11 is 0. The molecule has 2 heterocycles. The molecule has 0 spiro atoms. The number of nitrogens with zero attached hydrogens (tertiary/aromatic N) is 2. The van der Waals surface area contributed by atoms with Gasteiger partial charge in [0.05, 0.1) is 6.61 Å². The summed E-state index contributed by atoms with van der Waals surface area (Å²) in [4.78, 5) is 52.3. The highest BCUT2D eigenvalue weighted by atomic mass is 16.6. The van der Waals surface area contributed by atoms with Gasteiger partial charge >= 0.3 is 12.1 Å². The molecule has 0 radical (unpaired) electrons. The molecule has 2 aliphatic heterocycles. The van der Waals surface area contributed by atoms with Gasteiger partial charge in [-0.05, 0) is 27.7 Å². The summed E-state index contributed by atoms with van der Waals surface area (Å²) < 4.78 is 11.0. The van der Waals surface area contributed by atoms with E-state index in [4.69, 9.17) is 9.47 Å². The lowest BCUT2D eigenvalue weighted by Crippen LogP contribution is -2.57. The highest BCUT2D eigenvalue weighted by Crippen LogP contribution is 2.42. The number of hydrogen-bond acceptors (Lipinski definition) is 6. The number of carboxylic acid groups (broad SMARTS) is 1. The zero-order valence-corrected chi connectivity index (χ0v) is 18.7. The van der Waals surface area contributed by atoms with Crippen LogP contribution in [0.3, 0.4) is 0 Å². The minimum atomic E-state index is -1.11. The van der Waals surface area contributed by atoms with E-state index in [2.05, 4.69) is 5.32 Å². The number of fused-ring (bicyclic) bond motifs is 1. The van der Waals surface area contributed by atoms with Crippen molar-refractivity contribution in [3.63, 3.8) is 0 Å². The molecule has 2 saturated heterocycles. The third-order valence-corrected chi connectivity index (χ3v) is 5.49. The van der Waals surface area contributed by atoms with Gasteiger partial charge in [0.25, 0.3) is 0 Å². The molecule has 2 rings (SSSR count). The Hall–Kier alpha value is -2.36. The van der Waals surface area contributed by atoms with E-state index in [0.717, 1.165) is 4.90 Å². The van der Waals surface area contributed by atoms with E-state index in [1.165, 1.54) is 18.9 Å². The molecule has 3 amide bonds. The van der Waals surface area contributed by atoms with Crippen LogP contribution in [0.1, 0.15) is 54.4 Å². The number of aliphatic carboxylic acids is 1. The molecule has 0 saturated carbocycles. The number of ether oxygens (including phenoxy) is 2. The van der Waals surface area contributed by atoms with Crippen LogP contribution in [0.25, 0.3) is 0 Å². The van der Waals surface area contributed by atoms with Crippen molar-refractivity contribution in [1.29, 1.82) is 0 Å². The molecule has 10 nitrogen and oxygen atoms in total. The van der Waals surface area contributed by atoms with Crippen LogP contribution in [0.5, 0.6) is 0 Å². The maximum atomic E-state index is 13.1. The van der Waals surface area contributed by atoms with E-state index in [-0.39, 0.29) is 13.0 Å². The lowest BCUT2D eigenvalue weighted by Gasteiger charge is -2.32. The van der Waals surface area contributed by atoms with Gasteiger partial charge in [0, 0.05) is 25.3 Å². The number of amides is 3.